The van der Waals surface area contributed by atoms with Crippen LogP contribution in [0.2, 0.25) is 0 Å². The van der Waals surface area contributed by atoms with E-state index in [1.807, 2.05) is 49.4 Å². The normalized spacial score (nSPS) is 11.8. The molecule has 0 saturated heterocycles. The van der Waals surface area contributed by atoms with Crippen LogP contribution in [0.3, 0.4) is 0 Å². The van der Waals surface area contributed by atoms with E-state index in [9.17, 15) is 14.9 Å². The van der Waals surface area contributed by atoms with Crippen LogP contribution < -0.4 is 10.6 Å². The lowest BCUT2D eigenvalue weighted by Gasteiger charge is -2.16. The fourth-order valence-corrected chi connectivity index (χ4v) is 2.89. The molecule has 0 heterocycles. The van der Waals surface area contributed by atoms with Crippen molar-refractivity contribution < 1.29 is 9.72 Å². The molecule has 26 heavy (non-hydrogen) atoms. The molecule has 0 aromatic heterocycles. The molecule has 132 valence electrons. The third-order valence-corrected chi connectivity index (χ3v) is 4.35. The zero-order valence-electron chi connectivity index (χ0n) is 14.5. The Labute approximate surface area is 151 Å². The topological polar surface area (TPSA) is 84.3 Å². The maximum Gasteiger partial charge on any atom is 0.270 e. The average Bonchev–Trinajstić information content (AvgIpc) is 2.66. The van der Waals surface area contributed by atoms with Gasteiger partial charge in [-0.3, -0.25) is 14.9 Å². The van der Waals surface area contributed by atoms with Crippen molar-refractivity contribution in [2.24, 2.45) is 0 Å². The molecule has 1 unspecified atom stereocenters. The molecule has 0 radical (unpaired) electrons. The molecule has 0 aliphatic heterocycles. The summed E-state index contributed by atoms with van der Waals surface area (Å²) in [6.45, 7) is 1.89. The van der Waals surface area contributed by atoms with Crippen molar-refractivity contribution in [2.45, 2.75) is 13.0 Å². The summed E-state index contributed by atoms with van der Waals surface area (Å²) in [4.78, 5) is 23.2. The highest BCUT2D eigenvalue weighted by Crippen LogP contribution is 2.24. The van der Waals surface area contributed by atoms with Crippen molar-refractivity contribution in [3.8, 4) is 0 Å². The van der Waals surface area contributed by atoms with Gasteiger partial charge in [-0.1, -0.05) is 36.4 Å². The van der Waals surface area contributed by atoms with Crippen molar-refractivity contribution in [2.75, 3.05) is 12.4 Å². The van der Waals surface area contributed by atoms with Gasteiger partial charge in [0.2, 0.25) is 0 Å². The van der Waals surface area contributed by atoms with Crippen LogP contribution in [0.4, 0.5) is 11.4 Å². The first-order valence-corrected chi connectivity index (χ1v) is 8.25. The third kappa shape index (κ3) is 3.49. The maximum absolute atomic E-state index is 12.7. The Hall–Kier alpha value is -3.41. The number of amides is 1. The first-order chi connectivity index (χ1) is 12.5. The minimum absolute atomic E-state index is 0.118. The number of nitrogens with one attached hydrogen (secondary N) is 2. The second kappa shape index (κ2) is 7.23. The molecule has 1 amide bonds. The van der Waals surface area contributed by atoms with Crippen molar-refractivity contribution in [1.82, 2.24) is 5.32 Å². The molecular weight excluding hydrogens is 330 g/mol. The Morgan fingerprint density at radius 1 is 1.04 bits per heavy atom. The molecule has 6 heteroatoms. The van der Waals surface area contributed by atoms with E-state index in [0.29, 0.717) is 5.69 Å². The maximum atomic E-state index is 12.7. The van der Waals surface area contributed by atoms with E-state index in [1.54, 1.807) is 7.05 Å². The Morgan fingerprint density at radius 2 is 1.77 bits per heavy atom. The second-order valence-corrected chi connectivity index (χ2v) is 6.04. The zero-order valence-corrected chi connectivity index (χ0v) is 14.5. The van der Waals surface area contributed by atoms with Gasteiger partial charge in [-0.2, -0.15) is 0 Å². The number of benzene rings is 3. The number of carbonyl (C=O) groups is 1. The van der Waals surface area contributed by atoms with Gasteiger partial charge >= 0.3 is 0 Å². The van der Waals surface area contributed by atoms with Gasteiger partial charge in [-0.15, -0.1) is 0 Å². The Bertz CT molecular complexity index is 985. The molecule has 3 aromatic carbocycles. The first-order valence-electron chi connectivity index (χ1n) is 8.25. The molecule has 0 spiro atoms. The van der Waals surface area contributed by atoms with Crippen molar-refractivity contribution in [1.29, 1.82) is 0 Å². The summed E-state index contributed by atoms with van der Waals surface area (Å²) in [6.07, 6.45) is 0. The second-order valence-electron chi connectivity index (χ2n) is 6.04. The Kier molecular flexibility index (Phi) is 4.84. The number of nitro groups is 1. The van der Waals surface area contributed by atoms with Crippen LogP contribution in [0.25, 0.3) is 10.8 Å². The fourth-order valence-electron chi connectivity index (χ4n) is 2.89. The summed E-state index contributed by atoms with van der Waals surface area (Å²) in [5.41, 5.74) is 1.63. The molecule has 3 rings (SSSR count). The molecule has 1 atom stereocenters. The van der Waals surface area contributed by atoms with E-state index in [4.69, 9.17) is 0 Å². The lowest BCUT2D eigenvalue weighted by atomic mass is 10.0. The van der Waals surface area contributed by atoms with Gasteiger partial charge in [0.05, 0.1) is 16.5 Å². The van der Waals surface area contributed by atoms with E-state index in [0.717, 1.165) is 16.3 Å². The number of non-ortho nitro benzene ring substituents is 1. The number of rotatable bonds is 5. The number of fused-ring (bicyclic) bond motifs is 1. The summed E-state index contributed by atoms with van der Waals surface area (Å²) in [5, 5.41) is 19.0. The van der Waals surface area contributed by atoms with Crippen LogP contribution in [0.15, 0.2) is 60.7 Å². The van der Waals surface area contributed by atoms with Crippen LogP contribution >= 0.6 is 0 Å². The summed E-state index contributed by atoms with van der Waals surface area (Å²) in [7, 11) is 1.67. The quantitative estimate of drug-likeness (QED) is 0.532. The minimum Gasteiger partial charge on any atom is -0.387 e. The lowest BCUT2D eigenvalue weighted by Crippen LogP contribution is -2.27. The number of anilines is 1. The predicted molar refractivity (Wildman–Crippen MR) is 102 cm³/mol. The summed E-state index contributed by atoms with van der Waals surface area (Å²) in [5.74, 6) is -0.362. The highest BCUT2D eigenvalue weighted by Gasteiger charge is 2.18. The number of hydrogen-bond acceptors (Lipinski definition) is 4. The average molecular weight is 349 g/mol. The molecule has 0 fully saturated rings. The summed E-state index contributed by atoms with van der Waals surface area (Å²) in [6, 6.07) is 18.0. The van der Waals surface area contributed by atoms with E-state index in [-0.39, 0.29) is 23.2 Å². The standard InChI is InChI=1S/C20H19N3O3/c1-13(15-8-7-14-5-3-4-6-16(14)11-15)22-20(24)18-12-17(23(25)26)9-10-19(18)21-2/h3-13,21H,1-2H3,(H,22,24). The number of hydrogen-bond donors (Lipinski definition) is 2. The van der Waals surface area contributed by atoms with Gasteiger partial charge in [0.1, 0.15) is 0 Å². The largest absolute Gasteiger partial charge is 0.387 e. The molecule has 3 aromatic rings. The zero-order chi connectivity index (χ0) is 18.7. The van der Waals surface area contributed by atoms with E-state index in [1.165, 1.54) is 18.2 Å². The van der Waals surface area contributed by atoms with Crippen LogP contribution in [-0.2, 0) is 0 Å². The molecule has 0 bridgehead atoms. The van der Waals surface area contributed by atoms with E-state index >= 15 is 0 Å². The highest BCUT2D eigenvalue weighted by atomic mass is 16.6. The number of carbonyl (C=O) groups excluding carboxylic acids is 1. The van der Waals surface area contributed by atoms with Crippen molar-refractivity contribution in [3.63, 3.8) is 0 Å². The van der Waals surface area contributed by atoms with Crippen LogP contribution in [0.5, 0.6) is 0 Å². The van der Waals surface area contributed by atoms with E-state index in [2.05, 4.69) is 10.6 Å². The van der Waals surface area contributed by atoms with E-state index < -0.39 is 4.92 Å². The highest BCUT2D eigenvalue weighted by molar-refractivity contribution is 6.00. The van der Waals surface area contributed by atoms with Crippen molar-refractivity contribution in [3.05, 3.63) is 81.9 Å². The van der Waals surface area contributed by atoms with Gasteiger partial charge in [-0.05, 0) is 35.4 Å². The van der Waals surface area contributed by atoms with Crippen LogP contribution in [0, 0.1) is 10.1 Å². The van der Waals surface area contributed by atoms with Crippen LogP contribution in [0.1, 0.15) is 28.9 Å². The summed E-state index contributed by atoms with van der Waals surface area (Å²) < 4.78 is 0. The molecule has 6 nitrogen and oxygen atoms in total. The lowest BCUT2D eigenvalue weighted by molar-refractivity contribution is -0.384. The van der Waals surface area contributed by atoms with Gasteiger partial charge in [0.25, 0.3) is 11.6 Å². The molecule has 0 saturated carbocycles. The third-order valence-electron chi connectivity index (χ3n) is 4.35. The number of nitro benzene ring substituents is 1. The van der Waals surface area contributed by atoms with Crippen molar-refractivity contribution >= 4 is 28.1 Å². The molecule has 0 aliphatic rings. The SMILES string of the molecule is CNc1ccc([N+](=O)[O-])cc1C(=O)NC(C)c1ccc2ccccc2c1. The fraction of sp³-hybridized carbons (Fsp3) is 0.150. The Morgan fingerprint density at radius 3 is 2.46 bits per heavy atom. The monoisotopic (exact) mass is 349 g/mol. The van der Waals surface area contributed by atoms with Gasteiger partial charge < -0.3 is 10.6 Å². The predicted octanol–water partition coefficient (Wildman–Crippen LogP) is 4.28. The smallest absolute Gasteiger partial charge is 0.270 e. The van der Waals surface area contributed by atoms with Gasteiger partial charge in [0.15, 0.2) is 0 Å². The van der Waals surface area contributed by atoms with Gasteiger partial charge in [0, 0.05) is 24.9 Å². The van der Waals surface area contributed by atoms with Gasteiger partial charge in [-0.25, -0.2) is 0 Å². The molecular formula is C20H19N3O3. The minimum atomic E-state index is -0.511. The number of nitrogens with zero attached hydrogens (tertiary/aromatic N) is 1. The first kappa shape index (κ1) is 17.4. The molecule has 0 aliphatic carbocycles. The summed E-state index contributed by atoms with van der Waals surface area (Å²) >= 11 is 0. The Balaban J connectivity index is 1.86. The van der Waals surface area contributed by atoms with Crippen LogP contribution in [-0.4, -0.2) is 17.9 Å². The molecule has 2 N–H and O–H groups in total.